The Kier molecular flexibility index (Phi) is 1.92. The highest BCUT2D eigenvalue weighted by molar-refractivity contribution is 9.10. The lowest BCUT2D eigenvalue weighted by Gasteiger charge is -1.88. The van der Waals surface area contributed by atoms with Crippen molar-refractivity contribution in [3.63, 3.8) is 0 Å². The fourth-order valence-electron chi connectivity index (χ4n) is 1.62. The molecule has 1 saturated carbocycles. The van der Waals surface area contributed by atoms with Crippen LogP contribution in [0.25, 0.3) is 11.2 Å². The zero-order valence-corrected chi connectivity index (χ0v) is 9.47. The molecule has 0 bridgehead atoms. The SMILES string of the molecule is O=c1[nH]c(Br)nc2nc(CC3CC3)[nH]c12. The molecule has 0 aliphatic heterocycles. The smallest absolute Gasteiger partial charge is 0.277 e. The van der Waals surface area contributed by atoms with Crippen LogP contribution in [0.4, 0.5) is 0 Å². The topological polar surface area (TPSA) is 74.4 Å². The van der Waals surface area contributed by atoms with Crippen molar-refractivity contribution in [3.05, 3.63) is 20.9 Å². The largest absolute Gasteiger partial charge is 0.336 e. The van der Waals surface area contributed by atoms with E-state index in [1.165, 1.54) is 12.8 Å². The van der Waals surface area contributed by atoms with Crippen LogP contribution in [0.5, 0.6) is 0 Å². The second-order valence-electron chi connectivity index (χ2n) is 3.89. The van der Waals surface area contributed by atoms with Gasteiger partial charge in [0.25, 0.3) is 5.56 Å². The first-order valence-corrected chi connectivity index (χ1v) is 5.66. The molecular formula is C9H9BrN4O. The van der Waals surface area contributed by atoms with Gasteiger partial charge in [0.05, 0.1) is 0 Å². The lowest BCUT2D eigenvalue weighted by atomic mass is 10.3. The van der Waals surface area contributed by atoms with E-state index < -0.39 is 0 Å². The van der Waals surface area contributed by atoms with Gasteiger partial charge in [0.2, 0.25) is 0 Å². The van der Waals surface area contributed by atoms with Gasteiger partial charge in [-0.15, -0.1) is 0 Å². The van der Waals surface area contributed by atoms with Gasteiger partial charge in [0, 0.05) is 6.42 Å². The summed E-state index contributed by atoms with van der Waals surface area (Å²) in [5, 5.41) is 0. The van der Waals surface area contributed by atoms with E-state index in [1.54, 1.807) is 0 Å². The van der Waals surface area contributed by atoms with Crippen molar-refractivity contribution >= 4 is 27.1 Å². The van der Waals surface area contributed by atoms with Gasteiger partial charge >= 0.3 is 0 Å². The van der Waals surface area contributed by atoms with Crippen molar-refractivity contribution in [2.75, 3.05) is 0 Å². The van der Waals surface area contributed by atoms with Gasteiger partial charge < -0.3 is 4.98 Å². The zero-order valence-electron chi connectivity index (χ0n) is 7.88. The van der Waals surface area contributed by atoms with E-state index in [-0.39, 0.29) is 5.56 Å². The molecule has 78 valence electrons. The van der Waals surface area contributed by atoms with Crippen LogP contribution in [0.1, 0.15) is 18.7 Å². The van der Waals surface area contributed by atoms with Crippen molar-refractivity contribution in [3.8, 4) is 0 Å². The Hall–Kier alpha value is -1.17. The number of fused-ring (bicyclic) bond motifs is 1. The van der Waals surface area contributed by atoms with Gasteiger partial charge in [-0.1, -0.05) is 0 Å². The molecule has 2 heterocycles. The highest BCUT2D eigenvalue weighted by Gasteiger charge is 2.23. The third kappa shape index (κ3) is 1.69. The number of halogens is 1. The average molecular weight is 269 g/mol. The number of nitrogens with zero attached hydrogens (tertiary/aromatic N) is 2. The van der Waals surface area contributed by atoms with Crippen molar-refractivity contribution in [2.24, 2.45) is 5.92 Å². The van der Waals surface area contributed by atoms with Crippen LogP contribution >= 0.6 is 15.9 Å². The fraction of sp³-hybridized carbons (Fsp3) is 0.444. The number of nitrogens with one attached hydrogen (secondary N) is 2. The molecule has 1 aliphatic carbocycles. The molecule has 15 heavy (non-hydrogen) atoms. The Balaban J connectivity index is 2.11. The summed E-state index contributed by atoms with van der Waals surface area (Å²) in [6.07, 6.45) is 3.46. The molecule has 0 atom stereocenters. The lowest BCUT2D eigenvalue weighted by molar-refractivity contribution is 0.787. The predicted octanol–water partition coefficient (Wildman–Crippen LogP) is 1.36. The van der Waals surface area contributed by atoms with E-state index in [9.17, 15) is 4.79 Å². The number of imidazole rings is 1. The number of rotatable bonds is 2. The minimum absolute atomic E-state index is 0.179. The van der Waals surface area contributed by atoms with E-state index >= 15 is 0 Å². The summed E-state index contributed by atoms with van der Waals surface area (Å²) in [7, 11) is 0. The first kappa shape index (κ1) is 9.08. The maximum absolute atomic E-state index is 11.5. The van der Waals surface area contributed by atoms with E-state index in [0.29, 0.717) is 15.9 Å². The number of hydrogen-bond donors (Lipinski definition) is 2. The van der Waals surface area contributed by atoms with Crippen LogP contribution in [-0.2, 0) is 6.42 Å². The Morgan fingerprint density at radius 2 is 2.13 bits per heavy atom. The Labute approximate surface area is 93.5 Å². The van der Waals surface area contributed by atoms with Crippen molar-refractivity contribution in [1.82, 2.24) is 19.9 Å². The molecule has 0 saturated heterocycles. The first-order chi connectivity index (χ1) is 7.22. The lowest BCUT2D eigenvalue weighted by Crippen LogP contribution is -2.07. The second-order valence-corrected chi connectivity index (χ2v) is 4.64. The third-order valence-electron chi connectivity index (χ3n) is 2.56. The minimum Gasteiger partial charge on any atom is -0.336 e. The Morgan fingerprint density at radius 3 is 2.87 bits per heavy atom. The van der Waals surface area contributed by atoms with Gasteiger partial charge in [0.1, 0.15) is 5.82 Å². The standard InChI is InChI=1S/C9H9BrN4O/c10-9-13-7-6(8(15)14-9)11-5(12-7)3-4-1-2-4/h4H,1-3H2,(H2,11,12,13,14,15). The molecule has 0 amide bonds. The van der Waals surface area contributed by atoms with Crippen molar-refractivity contribution in [1.29, 1.82) is 0 Å². The predicted molar refractivity (Wildman–Crippen MR) is 58.6 cm³/mol. The molecule has 6 heteroatoms. The first-order valence-electron chi connectivity index (χ1n) is 4.87. The monoisotopic (exact) mass is 268 g/mol. The normalized spacial score (nSPS) is 16.1. The second kappa shape index (κ2) is 3.16. The Morgan fingerprint density at radius 1 is 1.33 bits per heavy atom. The maximum Gasteiger partial charge on any atom is 0.277 e. The minimum atomic E-state index is -0.179. The zero-order chi connectivity index (χ0) is 10.4. The summed E-state index contributed by atoms with van der Waals surface area (Å²) in [5.74, 6) is 1.61. The van der Waals surface area contributed by atoms with Crippen LogP contribution in [0.3, 0.4) is 0 Å². The van der Waals surface area contributed by atoms with Crippen molar-refractivity contribution < 1.29 is 0 Å². The van der Waals surface area contributed by atoms with E-state index in [0.717, 1.165) is 18.2 Å². The summed E-state index contributed by atoms with van der Waals surface area (Å²) >= 11 is 3.14. The number of H-pyrrole nitrogens is 2. The number of aromatic nitrogens is 4. The van der Waals surface area contributed by atoms with Crippen LogP contribution in [0, 0.1) is 5.92 Å². The molecule has 0 spiro atoms. The quantitative estimate of drug-likeness (QED) is 0.808. The summed E-state index contributed by atoms with van der Waals surface area (Å²) in [5.41, 5.74) is 0.775. The van der Waals surface area contributed by atoms with E-state index in [4.69, 9.17) is 0 Å². The highest BCUT2D eigenvalue weighted by Crippen LogP contribution is 2.31. The number of aromatic amines is 2. The van der Waals surface area contributed by atoms with Crippen LogP contribution in [0.2, 0.25) is 0 Å². The van der Waals surface area contributed by atoms with Crippen LogP contribution in [-0.4, -0.2) is 19.9 Å². The number of hydrogen-bond acceptors (Lipinski definition) is 3. The maximum atomic E-state index is 11.5. The highest BCUT2D eigenvalue weighted by atomic mass is 79.9. The third-order valence-corrected chi connectivity index (χ3v) is 2.94. The summed E-state index contributed by atoms with van der Waals surface area (Å²) in [4.78, 5) is 25.5. The summed E-state index contributed by atoms with van der Waals surface area (Å²) < 4.78 is 0.421. The molecule has 1 fully saturated rings. The van der Waals surface area contributed by atoms with Gasteiger partial charge in [-0.2, -0.15) is 0 Å². The molecule has 2 N–H and O–H groups in total. The molecule has 2 aromatic heterocycles. The Bertz CT molecular complexity index is 569. The van der Waals surface area contributed by atoms with E-state index in [1.807, 2.05) is 0 Å². The summed E-state index contributed by atoms with van der Waals surface area (Å²) in [6, 6.07) is 0. The summed E-state index contributed by atoms with van der Waals surface area (Å²) in [6.45, 7) is 0. The van der Waals surface area contributed by atoms with Gasteiger partial charge in [-0.25, -0.2) is 9.97 Å². The fourth-order valence-corrected chi connectivity index (χ4v) is 1.97. The molecule has 3 rings (SSSR count). The van der Waals surface area contributed by atoms with Gasteiger partial charge in [-0.3, -0.25) is 9.78 Å². The van der Waals surface area contributed by atoms with Gasteiger partial charge in [0.15, 0.2) is 15.9 Å². The molecule has 1 aliphatic rings. The average Bonchev–Trinajstić information content (AvgIpc) is 2.85. The van der Waals surface area contributed by atoms with E-state index in [2.05, 4.69) is 35.9 Å². The molecule has 0 radical (unpaired) electrons. The van der Waals surface area contributed by atoms with Gasteiger partial charge in [-0.05, 0) is 34.7 Å². The molecule has 2 aromatic rings. The molecule has 5 nitrogen and oxygen atoms in total. The van der Waals surface area contributed by atoms with Crippen LogP contribution in [0.15, 0.2) is 9.53 Å². The van der Waals surface area contributed by atoms with Crippen LogP contribution < -0.4 is 5.56 Å². The molecule has 0 unspecified atom stereocenters. The molecule has 0 aromatic carbocycles. The van der Waals surface area contributed by atoms with Crippen molar-refractivity contribution in [2.45, 2.75) is 19.3 Å². The molecular weight excluding hydrogens is 260 g/mol.